The van der Waals surface area contributed by atoms with E-state index in [4.69, 9.17) is 3.61 Å². The molecule has 3 N–H and O–H groups in total. The molecule has 0 aliphatic heterocycles. The van der Waals surface area contributed by atoms with Crippen molar-refractivity contribution in [3.63, 3.8) is 0 Å². The van der Waals surface area contributed by atoms with Crippen molar-refractivity contribution in [2.24, 2.45) is 0 Å². The standard InChI is InChI=1S/Ba.Co.Fe.Nb.2H2O.2H/h;;;;2*1H2;;/q;;;+1;;;;/p-1. The van der Waals surface area contributed by atoms with Crippen molar-refractivity contribution < 1.29 is 64.4 Å². The van der Waals surface area contributed by atoms with E-state index in [2.05, 4.69) is 0 Å². The average Bonchev–Trinajstić information content (AvgIpc) is 1.00. The van der Waals surface area contributed by atoms with Gasteiger partial charge in [0, 0.05) is 33.8 Å². The van der Waals surface area contributed by atoms with Gasteiger partial charge in [-0.15, -0.1) is 0 Å². The molecule has 0 bridgehead atoms. The Bertz CT molecular complexity index is 13.5. The molecule has 1 radical (unpaired) electrons. The molecule has 0 aromatic rings. The summed E-state index contributed by atoms with van der Waals surface area (Å²) in [7, 11) is 0. The van der Waals surface area contributed by atoms with E-state index >= 15 is 0 Å². The molecule has 0 rings (SSSR count). The van der Waals surface area contributed by atoms with Crippen molar-refractivity contribution in [2.75, 3.05) is 0 Å². The zero-order valence-corrected chi connectivity index (χ0v) is 6.43. The minimum absolute atomic E-state index is 0. The molecule has 2 nitrogen and oxygen atoms in total. The molecular formula is H5BaCoFeNbO2. The fourth-order valence-electron chi connectivity index (χ4n) is 0. The van der Waals surface area contributed by atoms with Crippen LogP contribution in [0.4, 0.5) is 0 Å². The van der Waals surface area contributed by atoms with Crippen LogP contribution in [0.2, 0.25) is 0 Å². The van der Waals surface area contributed by atoms with Crippen LogP contribution < -0.4 is 0 Å². The maximum absolute atomic E-state index is 7.05. The van der Waals surface area contributed by atoms with Crippen molar-refractivity contribution in [2.45, 2.75) is 0 Å². The molecule has 0 saturated heterocycles. The normalized spacial score (nSPS) is 0.833. The zero-order chi connectivity index (χ0) is 2.00. The van der Waals surface area contributed by atoms with E-state index in [0.717, 1.165) is 21.5 Å². The van der Waals surface area contributed by atoms with Crippen LogP contribution in [0.5, 0.6) is 0 Å². The number of hydrogen-bond donors (Lipinski definition) is 1. The van der Waals surface area contributed by atoms with Crippen molar-refractivity contribution in [1.29, 1.82) is 0 Å². The van der Waals surface area contributed by atoms with Gasteiger partial charge in [0.2, 0.25) is 0 Å². The van der Waals surface area contributed by atoms with Crippen LogP contribution in [0.25, 0.3) is 0 Å². The summed E-state index contributed by atoms with van der Waals surface area (Å²) in [5, 5.41) is 0. The molecule has 0 unspecified atom stereocenters. The molecule has 0 fully saturated rings. The Morgan fingerprint density at radius 2 is 1.17 bits per heavy atom. The van der Waals surface area contributed by atoms with Gasteiger partial charge in [-0.3, -0.25) is 0 Å². The Labute approximate surface area is 111 Å². The fourth-order valence-corrected chi connectivity index (χ4v) is 0. The van der Waals surface area contributed by atoms with E-state index in [-0.39, 0.29) is 88.2 Å². The Hall–Kier alpha value is 3.26. The van der Waals surface area contributed by atoms with Crippen LogP contribution in [0.15, 0.2) is 0 Å². The van der Waals surface area contributed by atoms with E-state index in [9.17, 15) is 0 Å². The molecular weight excluding hydrogens is 377 g/mol. The number of rotatable bonds is 0. The predicted octanol–water partition coefficient (Wildman–Crippen LogP) is -2.31. The zero-order valence-electron chi connectivity index (χ0n) is 2.08. The van der Waals surface area contributed by atoms with Crippen LogP contribution in [0.3, 0.4) is 0 Å². The minimum atomic E-state index is 0. The van der Waals surface area contributed by atoms with Gasteiger partial charge in [0.15, 0.2) is 0 Å². The van der Waals surface area contributed by atoms with Gasteiger partial charge < -0.3 is 5.48 Å². The molecule has 6 heavy (non-hydrogen) atoms. The van der Waals surface area contributed by atoms with Gasteiger partial charge in [0.25, 0.3) is 0 Å². The second-order valence-electron chi connectivity index (χ2n) is 0. The summed E-state index contributed by atoms with van der Waals surface area (Å²) in [5.74, 6) is 0. The summed E-state index contributed by atoms with van der Waals surface area (Å²) >= 11 is 0.750. The molecule has 0 heterocycles. The predicted molar refractivity (Wildman–Crippen MR) is 14.4 cm³/mol. The SMILES string of the molecule is O.[BaH2].[Co].[Fe].[OH][Nb]. The van der Waals surface area contributed by atoms with E-state index in [0.29, 0.717) is 0 Å². The van der Waals surface area contributed by atoms with Crippen LogP contribution in [-0.4, -0.2) is 58.0 Å². The van der Waals surface area contributed by atoms with Crippen LogP contribution >= 0.6 is 0 Å². The maximum atomic E-state index is 7.05. The topological polar surface area (TPSA) is 51.7 Å². The molecule has 0 aromatic carbocycles. The van der Waals surface area contributed by atoms with Gasteiger partial charge in [-0.25, -0.2) is 0 Å². The molecule has 41 valence electrons. The van der Waals surface area contributed by atoms with Crippen molar-refractivity contribution in [1.82, 2.24) is 0 Å². The third-order valence-electron chi connectivity index (χ3n) is 0. The average molecular weight is 382 g/mol. The second-order valence-corrected chi connectivity index (χ2v) is 0. The quantitative estimate of drug-likeness (QED) is 0.471. The fraction of sp³-hybridized carbons (Fsp3) is 0. The van der Waals surface area contributed by atoms with E-state index in [1.54, 1.807) is 0 Å². The molecule has 0 aromatic heterocycles. The van der Waals surface area contributed by atoms with Gasteiger partial charge in [-0.05, 0) is 0 Å². The Balaban J connectivity index is -0.000000000833. The van der Waals surface area contributed by atoms with Crippen LogP contribution in [-0.2, 0) is 55.3 Å². The van der Waals surface area contributed by atoms with Crippen molar-refractivity contribution >= 4 is 48.9 Å². The monoisotopic (exact) mass is 383 g/mol. The summed E-state index contributed by atoms with van der Waals surface area (Å²) in [6.45, 7) is 0. The number of hydrogen-bond acceptors (Lipinski definition) is 1. The molecule has 0 saturated carbocycles. The van der Waals surface area contributed by atoms with Crippen LogP contribution in [0.1, 0.15) is 0 Å². The van der Waals surface area contributed by atoms with Gasteiger partial charge in [0.1, 0.15) is 0 Å². The molecule has 0 aliphatic rings. The third kappa shape index (κ3) is 26.8. The molecule has 0 amide bonds. The summed E-state index contributed by atoms with van der Waals surface area (Å²) in [5.41, 5.74) is 0. The second kappa shape index (κ2) is 41.0. The first-order valence-corrected chi connectivity index (χ1v) is 1.18. The van der Waals surface area contributed by atoms with Gasteiger partial charge in [0.05, 0.1) is 0 Å². The Morgan fingerprint density at radius 1 is 1.17 bits per heavy atom. The van der Waals surface area contributed by atoms with Gasteiger partial charge in [-0.1, -0.05) is 0 Å². The van der Waals surface area contributed by atoms with Crippen LogP contribution in [0, 0.1) is 0 Å². The van der Waals surface area contributed by atoms with E-state index in [1.807, 2.05) is 0 Å². The third-order valence-corrected chi connectivity index (χ3v) is 0. The summed E-state index contributed by atoms with van der Waals surface area (Å²) in [4.78, 5) is 0. The summed E-state index contributed by atoms with van der Waals surface area (Å²) in [6, 6.07) is 0. The first-order chi connectivity index (χ1) is 1.00. The summed E-state index contributed by atoms with van der Waals surface area (Å²) in [6.07, 6.45) is 0. The van der Waals surface area contributed by atoms with Gasteiger partial charge >= 0.3 is 74.0 Å². The van der Waals surface area contributed by atoms with E-state index < -0.39 is 0 Å². The van der Waals surface area contributed by atoms with Crippen molar-refractivity contribution in [3.05, 3.63) is 0 Å². The first kappa shape index (κ1) is 34.8. The molecule has 0 atom stereocenters. The Kier molecular flexibility index (Phi) is 238. The Morgan fingerprint density at radius 3 is 1.17 bits per heavy atom. The first-order valence-electron chi connectivity index (χ1n) is 0.200. The van der Waals surface area contributed by atoms with Gasteiger partial charge in [-0.2, -0.15) is 0 Å². The van der Waals surface area contributed by atoms with Crippen molar-refractivity contribution in [3.8, 4) is 0 Å². The van der Waals surface area contributed by atoms with E-state index in [1.165, 1.54) is 0 Å². The molecule has 0 spiro atoms. The summed E-state index contributed by atoms with van der Waals surface area (Å²) < 4.78 is 7.05. The molecule has 0 aliphatic carbocycles. The molecule has 6 heteroatoms.